The molecule has 2 rings (SSSR count). The van der Waals surface area contributed by atoms with E-state index in [1.807, 2.05) is 6.92 Å². The number of ether oxygens (including phenoxy) is 3. The van der Waals surface area contributed by atoms with Crippen LogP contribution in [0.4, 0.5) is 0 Å². The monoisotopic (exact) mass is 427 g/mol. The van der Waals surface area contributed by atoms with Crippen LogP contribution in [0.3, 0.4) is 0 Å². The Hall–Kier alpha value is -2.29. The average Bonchev–Trinajstić information content (AvgIpc) is 3.06. The molecule has 1 amide bonds. The third-order valence-electron chi connectivity index (χ3n) is 4.88. The third-order valence-corrected chi connectivity index (χ3v) is 6.63. The number of hydrogen-bond donors (Lipinski definition) is 0. The fourth-order valence-corrected chi connectivity index (χ4v) is 5.02. The lowest BCUT2D eigenvalue weighted by molar-refractivity contribution is -0.152. The largest absolute Gasteiger partial charge is 0.493 e. The molecule has 162 valence electrons. The molecule has 1 aromatic rings. The van der Waals surface area contributed by atoms with Crippen LogP contribution in [-0.2, 0) is 30.6 Å². The molecule has 0 aliphatic carbocycles. The van der Waals surface area contributed by atoms with E-state index >= 15 is 0 Å². The van der Waals surface area contributed by atoms with Gasteiger partial charge in [-0.3, -0.25) is 9.59 Å². The van der Waals surface area contributed by atoms with Crippen molar-refractivity contribution in [3.8, 4) is 11.5 Å². The molecule has 1 saturated heterocycles. The van der Waals surface area contributed by atoms with Gasteiger partial charge in [-0.2, -0.15) is 0 Å². The van der Waals surface area contributed by atoms with Gasteiger partial charge in [-0.05, 0) is 30.5 Å². The standard InChI is InChI=1S/C20H29NO7S/c1-4-5-9-21(16-8-10-29(24,25)14-16)19(22)13-28-20(23)12-15-6-7-17(26-2)18(11-15)27-3/h6-7,11,16H,4-5,8-10,12-14H2,1-3H3. The third kappa shape index (κ3) is 6.62. The van der Waals surface area contributed by atoms with Gasteiger partial charge in [0, 0.05) is 12.6 Å². The first-order valence-corrected chi connectivity index (χ1v) is 11.5. The number of sulfone groups is 1. The lowest BCUT2D eigenvalue weighted by Gasteiger charge is -2.28. The summed E-state index contributed by atoms with van der Waals surface area (Å²) in [6.45, 7) is 2.06. The van der Waals surface area contributed by atoms with Gasteiger partial charge in [-0.1, -0.05) is 19.4 Å². The summed E-state index contributed by atoms with van der Waals surface area (Å²) in [6.07, 6.45) is 2.06. The van der Waals surface area contributed by atoms with E-state index in [1.165, 1.54) is 14.2 Å². The number of benzene rings is 1. The summed E-state index contributed by atoms with van der Waals surface area (Å²) < 4.78 is 39.1. The van der Waals surface area contributed by atoms with Crippen LogP contribution in [0.5, 0.6) is 11.5 Å². The first kappa shape index (κ1) is 23.0. The van der Waals surface area contributed by atoms with Gasteiger partial charge in [0.1, 0.15) is 0 Å². The summed E-state index contributed by atoms with van der Waals surface area (Å²) in [7, 11) is -0.0754. The molecule has 1 atom stereocenters. The highest BCUT2D eigenvalue weighted by Crippen LogP contribution is 2.27. The summed E-state index contributed by atoms with van der Waals surface area (Å²) in [4.78, 5) is 26.3. The Morgan fingerprint density at radius 1 is 1.17 bits per heavy atom. The van der Waals surface area contributed by atoms with Gasteiger partial charge < -0.3 is 19.1 Å². The first-order chi connectivity index (χ1) is 13.8. The Morgan fingerprint density at radius 2 is 1.90 bits per heavy atom. The van der Waals surface area contributed by atoms with Crippen molar-refractivity contribution < 1.29 is 32.2 Å². The summed E-state index contributed by atoms with van der Waals surface area (Å²) in [6, 6.07) is 4.75. The predicted octanol–water partition coefficient (Wildman–Crippen LogP) is 1.61. The number of esters is 1. The van der Waals surface area contributed by atoms with Gasteiger partial charge in [-0.15, -0.1) is 0 Å². The second kappa shape index (κ2) is 10.5. The second-order valence-corrected chi connectivity index (χ2v) is 9.25. The van der Waals surface area contributed by atoms with E-state index < -0.39 is 22.4 Å². The van der Waals surface area contributed by atoms with Gasteiger partial charge in [0.2, 0.25) is 0 Å². The van der Waals surface area contributed by atoms with Crippen molar-refractivity contribution in [2.75, 3.05) is 38.9 Å². The van der Waals surface area contributed by atoms with Crippen molar-refractivity contribution in [3.05, 3.63) is 23.8 Å². The van der Waals surface area contributed by atoms with Crippen LogP contribution in [0, 0.1) is 0 Å². The molecule has 1 aliphatic heterocycles. The molecule has 0 saturated carbocycles. The number of methoxy groups -OCH3 is 2. The lowest BCUT2D eigenvalue weighted by atomic mass is 10.1. The SMILES string of the molecule is CCCCN(C(=O)COC(=O)Cc1ccc(OC)c(OC)c1)C1CCS(=O)(=O)C1. The second-order valence-electron chi connectivity index (χ2n) is 7.02. The molecule has 1 aromatic carbocycles. The summed E-state index contributed by atoms with van der Waals surface area (Å²) in [5, 5.41) is 0. The molecule has 1 aliphatic rings. The van der Waals surface area contributed by atoms with Gasteiger partial charge >= 0.3 is 5.97 Å². The van der Waals surface area contributed by atoms with Crippen molar-refractivity contribution in [1.29, 1.82) is 0 Å². The fourth-order valence-electron chi connectivity index (χ4n) is 3.29. The van der Waals surface area contributed by atoms with Gasteiger partial charge in [0.05, 0.1) is 32.1 Å². The van der Waals surface area contributed by atoms with E-state index in [2.05, 4.69) is 0 Å². The van der Waals surface area contributed by atoms with Gasteiger partial charge in [0.15, 0.2) is 27.9 Å². The summed E-state index contributed by atoms with van der Waals surface area (Å²) in [5.74, 6) is 0.218. The van der Waals surface area contributed by atoms with E-state index in [4.69, 9.17) is 14.2 Å². The quantitative estimate of drug-likeness (QED) is 0.523. The highest BCUT2D eigenvalue weighted by molar-refractivity contribution is 7.91. The maximum atomic E-state index is 12.6. The molecular weight excluding hydrogens is 398 g/mol. The number of carbonyl (C=O) groups is 2. The normalized spacial score (nSPS) is 17.6. The Balaban J connectivity index is 1.93. The maximum Gasteiger partial charge on any atom is 0.310 e. The van der Waals surface area contributed by atoms with Crippen LogP contribution in [0.25, 0.3) is 0 Å². The molecule has 0 N–H and O–H groups in total. The van der Waals surface area contributed by atoms with Crippen molar-refractivity contribution in [1.82, 2.24) is 4.90 Å². The molecule has 8 nitrogen and oxygen atoms in total. The zero-order valence-corrected chi connectivity index (χ0v) is 18.0. The number of rotatable bonds is 10. The minimum atomic E-state index is -3.11. The van der Waals surface area contributed by atoms with E-state index in [0.717, 1.165) is 12.8 Å². The van der Waals surface area contributed by atoms with Crippen LogP contribution >= 0.6 is 0 Å². The summed E-state index contributed by atoms with van der Waals surface area (Å²) >= 11 is 0. The molecule has 1 heterocycles. The maximum absolute atomic E-state index is 12.6. The van der Waals surface area contributed by atoms with Crippen molar-refractivity contribution in [2.24, 2.45) is 0 Å². The lowest BCUT2D eigenvalue weighted by Crippen LogP contribution is -2.44. The molecule has 0 radical (unpaired) electrons. The highest BCUT2D eigenvalue weighted by atomic mass is 32.2. The summed E-state index contributed by atoms with van der Waals surface area (Å²) in [5.41, 5.74) is 0.671. The number of nitrogens with zero attached hydrogens (tertiary/aromatic N) is 1. The van der Waals surface area contributed by atoms with Crippen LogP contribution in [-0.4, -0.2) is 70.1 Å². The topological polar surface area (TPSA) is 99.2 Å². The zero-order valence-electron chi connectivity index (χ0n) is 17.2. The number of hydrogen-bond acceptors (Lipinski definition) is 7. The van der Waals surface area contributed by atoms with Crippen LogP contribution in [0.15, 0.2) is 18.2 Å². The van der Waals surface area contributed by atoms with Crippen LogP contribution in [0.1, 0.15) is 31.7 Å². The van der Waals surface area contributed by atoms with Crippen molar-refractivity contribution in [2.45, 2.75) is 38.6 Å². The van der Waals surface area contributed by atoms with Crippen molar-refractivity contribution >= 4 is 21.7 Å². The van der Waals surface area contributed by atoms with Gasteiger partial charge in [0.25, 0.3) is 5.91 Å². The van der Waals surface area contributed by atoms with Gasteiger partial charge in [-0.25, -0.2) is 8.42 Å². The Kier molecular flexibility index (Phi) is 8.31. The molecule has 0 aromatic heterocycles. The Labute approximate surface area is 172 Å². The minimum Gasteiger partial charge on any atom is -0.493 e. The average molecular weight is 428 g/mol. The predicted molar refractivity (Wildman–Crippen MR) is 108 cm³/mol. The molecular formula is C20H29NO7S. The van der Waals surface area contributed by atoms with Crippen LogP contribution < -0.4 is 9.47 Å². The minimum absolute atomic E-state index is 0.0135. The van der Waals surface area contributed by atoms with Crippen molar-refractivity contribution in [3.63, 3.8) is 0 Å². The number of carbonyl (C=O) groups excluding carboxylic acids is 2. The zero-order chi connectivity index (χ0) is 21.4. The molecule has 0 spiro atoms. The van der Waals surface area contributed by atoms with E-state index in [1.54, 1.807) is 23.1 Å². The molecule has 1 unspecified atom stereocenters. The first-order valence-electron chi connectivity index (χ1n) is 9.66. The van der Waals surface area contributed by atoms with E-state index in [0.29, 0.717) is 30.0 Å². The van der Waals surface area contributed by atoms with E-state index in [-0.39, 0.29) is 29.9 Å². The molecule has 29 heavy (non-hydrogen) atoms. The smallest absolute Gasteiger partial charge is 0.310 e. The highest BCUT2D eigenvalue weighted by Gasteiger charge is 2.34. The Morgan fingerprint density at radius 3 is 2.48 bits per heavy atom. The van der Waals surface area contributed by atoms with E-state index in [9.17, 15) is 18.0 Å². The molecule has 1 fully saturated rings. The fraction of sp³-hybridized carbons (Fsp3) is 0.600. The number of amides is 1. The molecule has 9 heteroatoms. The molecule has 0 bridgehead atoms. The Bertz CT molecular complexity index is 822. The van der Waals surface area contributed by atoms with Crippen LogP contribution in [0.2, 0.25) is 0 Å². The number of unbranched alkanes of at least 4 members (excludes halogenated alkanes) is 1.